The number of pyridine rings is 1. The van der Waals surface area contributed by atoms with Gasteiger partial charge >= 0.3 is 0 Å². The Labute approximate surface area is 173 Å². The van der Waals surface area contributed by atoms with Crippen LogP contribution in [0.5, 0.6) is 0 Å². The molecule has 1 aliphatic rings. The maximum Gasteiger partial charge on any atom is 0.0732 e. The summed E-state index contributed by atoms with van der Waals surface area (Å²) in [5, 5.41) is 0. The molecule has 0 radical (unpaired) electrons. The summed E-state index contributed by atoms with van der Waals surface area (Å²) in [6.07, 6.45) is 5.89. The average molecular weight is 385 g/mol. The van der Waals surface area contributed by atoms with E-state index in [1.54, 1.807) is 11.8 Å². The molecule has 148 valence electrons. The smallest absolute Gasteiger partial charge is 0.0732 e. The van der Waals surface area contributed by atoms with Gasteiger partial charge in [-0.05, 0) is 41.2 Å². The van der Waals surface area contributed by atoms with Crippen molar-refractivity contribution in [3.63, 3.8) is 0 Å². The van der Waals surface area contributed by atoms with Crippen molar-refractivity contribution in [2.24, 2.45) is 0 Å². The molecule has 1 aliphatic heterocycles. The van der Waals surface area contributed by atoms with Crippen molar-refractivity contribution in [3.05, 3.63) is 107 Å². The molecule has 0 unspecified atom stereocenters. The average Bonchev–Trinajstić information content (AvgIpc) is 2.80. The van der Waals surface area contributed by atoms with Crippen molar-refractivity contribution < 1.29 is 4.74 Å². The Hall–Kier alpha value is -2.75. The Morgan fingerprint density at radius 1 is 0.828 bits per heavy atom. The summed E-state index contributed by atoms with van der Waals surface area (Å²) >= 11 is 0. The second kappa shape index (κ2) is 10.1. The third kappa shape index (κ3) is 5.41. The maximum absolute atomic E-state index is 5.84. The first-order valence-corrected chi connectivity index (χ1v) is 10.4. The van der Waals surface area contributed by atoms with Crippen LogP contribution >= 0.6 is 0 Å². The molecule has 1 fully saturated rings. The van der Waals surface area contributed by atoms with Crippen molar-refractivity contribution in [2.75, 3.05) is 26.2 Å². The first-order valence-electron chi connectivity index (χ1n) is 10.4. The fourth-order valence-corrected chi connectivity index (χ4v) is 3.95. The van der Waals surface area contributed by atoms with Crippen LogP contribution in [-0.4, -0.2) is 36.1 Å². The summed E-state index contributed by atoms with van der Waals surface area (Å²) in [4.78, 5) is 6.65. The Bertz CT molecular complexity index is 856. The van der Waals surface area contributed by atoms with Gasteiger partial charge in [-0.3, -0.25) is 4.98 Å². The van der Waals surface area contributed by atoms with Crippen LogP contribution in [0.25, 0.3) is 5.57 Å². The monoisotopic (exact) mass is 384 g/mol. The molecule has 1 saturated heterocycles. The first-order chi connectivity index (χ1) is 14.4. The molecule has 2 aromatic carbocycles. The fourth-order valence-electron chi connectivity index (χ4n) is 3.95. The highest BCUT2D eigenvalue weighted by atomic mass is 16.5. The van der Waals surface area contributed by atoms with E-state index in [1.165, 1.54) is 16.7 Å². The zero-order valence-corrected chi connectivity index (χ0v) is 16.8. The summed E-state index contributed by atoms with van der Waals surface area (Å²) in [6.45, 7) is 4.57. The number of hydrogen-bond donors (Lipinski definition) is 0. The van der Waals surface area contributed by atoms with Gasteiger partial charge in [0.15, 0.2) is 0 Å². The molecule has 0 amide bonds. The number of rotatable bonds is 7. The molecule has 1 aromatic heterocycles. The van der Waals surface area contributed by atoms with Crippen molar-refractivity contribution >= 4 is 5.57 Å². The van der Waals surface area contributed by atoms with E-state index in [1.807, 2.05) is 12.3 Å². The normalized spacial score (nSPS) is 14.7. The third-order valence-electron chi connectivity index (χ3n) is 5.48. The van der Waals surface area contributed by atoms with Gasteiger partial charge in [0.1, 0.15) is 0 Å². The summed E-state index contributed by atoms with van der Waals surface area (Å²) in [5.41, 5.74) is 6.75. The number of hydrogen-bond acceptors (Lipinski definition) is 3. The number of likely N-dealkylation sites (tertiary alicyclic amines) is 1. The molecule has 0 saturated carbocycles. The number of aromatic nitrogens is 1. The maximum atomic E-state index is 5.84. The van der Waals surface area contributed by atoms with Crippen LogP contribution in [-0.2, 0) is 11.3 Å². The second-order valence-electron chi connectivity index (χ2n) is 7.47. The van der Waals surface area contributed by atoms with Gasteiger partial charge in [0, 0.05) is 32.0 Å². The van der Waals surface area contributed by atoms with Crippen molar-refractivity contribution in [1.29, 1.82) is 0 Å². The van der Waals surface area contributed by atoms with Crippen molar-refractivity contribution in [2.45, 2.75) is 19.4 Å². The molecule has 4 rings (SSSR count). The van der Waals surface area contributed by atoms with E-state index in [2.05, 4.69) is 76.6 Å². The van der Waals surface area contributed by atoms with Crippen LogP contribution in [0.2, 0.25) is 0 Å². The van der Waals surface area contributed by atoms with Crippen LogP contribution < -0.4 is 0 Å². The lowest BCUT2D eigenvalue weighted by Crippen LogP contribution is -2.33. The Kier molecular flexibility index (Phi) is 6.85. The lowest BCUT2D eigenvalue weighted by Gasteiger charge is -2.30. The minimum absolute atomic E-state index is 0.638. The summed E-state index contributed by atoms with van der Waals surface area (Å²) in [7, 11) is 0. The molecular weight excluding hydrogens is 356 g/mol. The molecular formula is C26H28N2O. The van der Waals surface area contributed by atoms with Gasteiger partial charge in [-0.15, -0.1) is 0 Å². The summed E-state index contributed by atoms with van der Waals surface area (Å²) < 4.78 is 5.84. The van der Waals surface area contributed by atoms with E-state index in [-0.39, 0.29) is 0 Å². The summed E-state index contributed by atoms with van der Waals surface area (Å²) in [6, 6.07) is 25.6. The second-order valence-corrected chi connectivity index (χ2v) is 7.47. The van der Waals surface area contributed by atoms with Crippen LogP contribution in [0.3, 0.4) is 0 Å². The number of piperidine rings is 1. The lowest BCUT2D eigenvalue weighted by atomic mass is 9.88. The standard InChI is InChI=1S/C26H28N2O/c1-3-9-23(10-4-1)26(24-11-5-2-6-12-24)25-13-16-28(17-14-25)18-19-29-21-22-8-7-15-27-20-22/h1-12,15,20H,13-14,16-19,21H2. The van der Waals surface area contributed by atoms with Crippen LogP contribution in [0, 0.1) is 0 Å². The Balaban J connectivity index is 1.36. The predicted molar refractivity (Wildman–Crippen MR) is 118 cm³/mol. The molecule has 0 spiro atoms. The molecule has 0 aliphatic carbocycles. The van der Waals surface area contributed by atoms with Crippen LogP contribution in [0.4, 0.5) is 0 Å². The highest BCUT2D eigenvalue weighted by molar-refractivity contribution is 5.82. The SMILES string of the molecule is c1ccc(C(=C2CCN(CCOCc3cccnc3)CC2)c2ccccc2)cc1. The van der Waals surface area contributed by atoms with Gasteiger partial charge in [0.2, 0.25) is 0 Å². The number of benzene rings is 2. The van der Waals surface area contributed by atoms with E-state index in [4.69, 9.17) is 4.74 Å². The number of ether oxygens (including phenoxy) is 1. The molecule has 3 aromatic rings. The van der Waals surface area contributed by atoms with Gasteiger partial charge < -0.3 is 9.64 Å². The van der Waals surface area contributed by atoms with Gasteiger partial charge in [-0.25, -0.2) is 0 Å². The largest absolute Gasteiger partial charge is 0.375 e. The lowest BCUT2D eigenvalue weighted by molar-refractivity contribution is 0.0900. The molecule has 0 bridgehead atoms. The van der Waals surface area contributed by atoms with Crippen LogP contribution in [0.1, 0.15) is 29.5 Å². The molecule has 2 heterocycles. The highest BCUT2D eigenvalue weighted by Crippen LogP contribution is 2.32. The zero-order chi connectivity index (χ0) is 19.7. The third-order valence-corrected chi connectivity index (χ3v) is 5.48. The van der Waals surface area contributed by atoms with Crippen molar-refractivity contribution in [3.8, 4) is 0 Å². The van der Waals surface area contributed by atoms with E-state index in [0.717, 1.165) is 44.6 Å². The molecule has 0 atom stereocenters. The van der Waals surface area contributed by atoms with E-state index in [9.17, 15) is 0 Å². The molecule has 0 N–H and O–H groups in total. The van der Waals surface area contributed by atoms with E-state index in [0.29, 0.717) is 6.61 Å². The topological polar surface area (TPSA) is 25.4 Å². The number of nitrogens with zero attached hydrogens (tertiary/aromatic N) is 2. The van der Waals surface area contributed by atoms with Crippen molar-refractivity contribution in [1.82, 2.24) is 9.88 Å². The minimum atomic E-state index is 0.638. The quantitative estimate of drug-likeness (QED) is 0.524. The highest BCUT2D eigenvalue weighted by Gasteiger charge is 2.18. The fraction of sp³-hybridized carbons (Fsp3) is 0.269. The Morgan fingerprint density at radius 2 is 1.48 bits per heavy atom. The van der Waals surface area contributed by atoms with E-state index < -0.39 is 0 Å². The molecule has 3 heteroatoms. The van der Waals surface area contributed by atoms with Gasteiger partial charge in [-0.2, -0.15) is 0 Å². The summed E-state index contributed by atoms with van der Waals surface area (Å²) in [5.74, 6) is 0. The van der Waals surface area contributed by atoms with Crippen LogP contribution in [0.15, 0.2) is 90.8 Å². The van der Waals surface area contributed by atoms with Gasteiger partial charge in [0.25, 0.3) is 0 Å². The Morgan fingerprint density at radius 3 is 2.07 bits per heavy atom. The molecule has 29 heavy (non-hydrogen) atoms. The van der Waals surface area contributed by atoms with E-state index >= 15 is 0 Å². The zero-order valence-electron chi connectivity index (χ0n) is 16.8. The first kappa shape index (κ1) is 19.6. The van der Waals surface area contributed by atoms with Gasteiger partial charge in [-0.1, -0.05) is 72.3 Å². The molecule has 3 nitrogen and oxygen atoms in total. The van der Waals surface area contributed by atoms with Gasteiger partial charge in [0.05, 0.1) is 13.2 Å². The minimum Gasteiger partial charge on any atom is -0.375 e. The predicted octanol–water partition coefficient (Wildman–Crippen LogP) is 5.20.